The second-order valence-electron chi connectivity index (χ2n) is 3.49. The Labute approximate surface area is 94.6 Å². The van der Waals surface area contributed by atoms with Crippen molar-refractivity contribution >= 4 is 5.97 Å². The van der Waals surface area contributed by atoms with Crippen molar-refractivity contribution in [3.63, 3.8) is 0 Å². The highest BCUT2D eigenvalue weighted by atomic mass is 19.1. The number of rotatable bonds is 5. The second kappa shape index (κ2) is 6.23. The maximum Gasteiger partial charge on any atom is 0.322 e. The van der Waals surface area contributed by atoms with Gasteiger partial charge >= 0.3 is 5.97 Å². The number of hydrogen-bond acceptors (Lipinski definition) is 3. The normalized spacial score (nSPS) is 12.2. The lowest BCUT2D eigenvalue weighted by molar-refractivity contribution is -0.143. The Morgan fingerprint density at radius 2 is 2.31 bits per heavy atom. The third-order valence-electron chi connectivity index (χ3n) is 2.34. The van der Waals surface area contributed by atoms with Crippen LogP contribution in [0.3, 0.4) is 0 Å². The molecule has 0 heterocycles. The van der Waals surface area contributed by atoms with Crippen LogP contribution in [-0.2, 0) is 16.1 Å². The highest BCUT2D eigenvalue weighted by Crippen LogP contribution is 2.04. The average Bonchev–Trinajstić information content (AvgIpc) is 2.29. The van der Waals surface area contributed by atoms with E-state index in [4.69, 9.17) is 0 Å². The number of methoxy groups -OCH3 is 1. The molecule has 0 aliphatic heterocycles. The van der Waals surface area contributed by atoms with Crippen LogP contribution in [0, 0.1) is 5.82 Å². The van der Waals surface area contributed by atoms with Gasteiger partial charge in [0.2, 0.25) is 0 Å². The van der Waals surface area contributed by atoms with Crippen LogP contribution in [0.5, 0.6) is 0 Å². The maximum atomic E-state index is 12.9. The molecule has 0 amide bonds. The highest BCUT2D eigenvalue weighted by molar-refractivity contribution is 5.75. The molecule has 0 saturated heterocycles. The van der Waals surface area contributed by atoms with Crippen LogP contribution in [0.4, 0.5) is 4.39 Å². The Morgan fingerprint density at radius 3 is 2.88 bits per heavy atom. The number of ether oxygens (including phenoxy) is 1. The molecule has 0 radical (unpaired) electrons. The van der Waals surface area contributed by atoms with E-state index < -0.39 is 0 Å². The largest absolute Gasteiger partial charge is 0.468 e. The molecule has 88 valence electrons. The van der Waals surface area contributed by atoms with Crippen LogP contribution in [0.1, 0.15) is 18.9 Å². The van der Waals surface area contributed by atoms with Crippen molar-refractivity contribution in [2.24, 2.45) is 0 Å². The lowest BCUT2D eigenvalue weighted by atomic mass is 10.2. The summed E-state index contributed by atoms with van der Waals surface area (Å²) < 4.78 is 17.5. The summed E-state index contributed by atoms with van der Waals surface area (Å²) in [6.07, 6.45) is 0.641. The van der Waals surface area contributed by atoms with Gasteiger partial charge in [-0.1, -0.05) is 19.1 Å². The lowest BCUT2D eigenvalue weighted by Gasteiger charge is -2.14. The van der Waals surface area contributed by atoms with Gasteiger partial charge in [-0.05, 0) is 24.1 Å². The van der Waals surface area contributed by atoms with Crippen LogP contribution in [0.15, 0.2) is 24.3 Å². The number of benzene rings is 1. The number of carbonyl (C=O) groups is 1. The van der Waals surface area contributed by atoms with Crippen molar-refractivity contribution < 1.29 is 13.9 Å². The number of esters is 1. The predicted octanol–water partition coefficient (Wildman–Crippen LogP) is 1.87. The molecule has 1 rings (SSSR count). The van der Waals surface area contributed by atoms with Crippen molar-refractivity contribution in [1.82, 2.24) is 5.32 Å². The summed E-state index contributed by atoms with van der Waals surface area (Å²) in [6.45, 7) is 2.34. The molecule has 0 aromatic heterocycles. The first-order valence-electron chi connectivity index (χ1n) is 5.23. The number of halogens is 1. The van der Waals surface area contributed by atoms with Crippen molar-refractivity contribution in [1.29, 1.82) is 0 Å². The molecule has 0 aliphatic rings. The van der Waals surface area contributed by atoms with Gasteiger partial charge in [-0.2, -0.15) is 0 Å². The van der Waals surface area contributed by atoms with Gasteiger partial charge in [0.25, 0.3) is 0 Å². The third-order valence-corrected chi connectivity index (χ3v) is 2.34. The van der Waals surface area contributed by atoms with Crippen LogP contribution < -0.4 is 5.32 Å². The minimum atomic E-state index is -0.340. The molecule has 3 nitrogen and oxygen atoms in total. The lowest BCUT2D eigenvalue weighted by Crippen LogP contribution is -2.36. The molecule has 1 aromatic carbocycles. The molecule has 1 atom stereocenters. The van der Waals surface area contributed by atoms with Gasteiger partial charge in [-0.15, -0.1) is 0 Å². The summed E-state index contributed by atoms with van der Waals surface area (Å²) in [4.78, 5) is 11.3. The molecule has 16 heavy (non-hydrogen) atoms. The number of hydrogen-bond donors (Lipinski definition) is 1. The van der Waals surface area contributed by atoms with E-state index in [1.807, 2.05) is 6.92 Å². The SMILES string of the molecule is CCC(NCc1cccc(F)c1)C(=O)OC. The van der Waals surface area contributed by atoms with Gasteiger partial charge in [0, 0.05) is 6.54 Å². The Bertz CT molecular complexity index is 355. The Kier molecular flexibility index (Phi) is 4.92. The molecule has 4 heteroatoms. The van der Waals surface area contributed by atoms with Gasteiger partial charge < -0.3 is 10.1 Å². The van der Waals surface area contributed by atoms with E-state index in [2.05, 4.69) is 10.1 Å². The quantitative estimate of drug-likeness (QED) is 0.777. The first kappa shape index (κ1) is 12.6. The van der Waals surface area contributed by atoms with Crippen molar-refractivity contribution in [2.75, 3.05) is 7.11 Å². The van der Waals surface area contributed by atoms with Gasteiger partial charge in [-0.25, -0.2) is 4.39 Å². The smallest absolute Gasteiger partial charge is 0.322 e. The standard InChI is InChI=1S/C12H16FNO2/c1-3-11(12(15)16-2)14-8-9-5-4-6-10(13)7-9/h4-7,11,14H,3,8H2,1-2H3. The summed E-state index contributed by atoms with van der Waals surface area (Å²) >= 11 is 0. The van der Waals surface area contributed by atoms with E-state index in [0.717, 1.165) is 5.56 Å². The minimum absolute atomic E-state index is 0.273. The molecule has 1 unspecified atom stereocenters. The van der Waals surface area contributed by atoms with Crippen LogP contribution in [0.2, 0.25) is 0 Å². The van der Waals surface area contributed by atoms with Gasteiger partial charge in [0.15, 0.2) is 0 Å². The van der Waals surface area contributed by atoms with Crippen LogP contribution in [0.25, 0.3) is 0 Å². The van der Waals surface area contributed by atoms with Crippen molar-refractivity contribution in [3.8, 4) is 0 Å². The van der Waals surface area contributed by atoms with Crippen molar-refractivity contribution in [2.45, 2.75) is 25.9 Å². The summed E-state index contributed by atoms with van der Waals surface area (Å²) in [5, 5.41) is 3.02. The summed E-state index contributed by atoms with van der Waals surface area (Å²) in [5.41, 5.74) is 0.808. The number of nitrogens with one attached hydrogen (secondary N) is 1. The first-order valence-corrected chi connectivity index (χ1v) is 5.23. The zero-order valence-electron chi connectivity index (χ0n) is 9.50. The summed E-state index contributed by atoms with van der Waals surface area (Å²) in [5.74, 6) is -0.565. The van der Waals surface area contributed by atoms with E-state index in [1.54, 1.807) is 12.1 Å². The van der Waals surface area contributed by atoms with Gasteiger partial charge in [0.05, 0.1) is 7.11 Å². The fraction of sp³-hybridized carbons (Fsp3) is 0.417. The zero-order chi connectivity index (χ0) is 12.0. The maximum absolute atomic E-state index is 12.9. The monoisotopic (exact) mass is 225 g/mol. The molecular weight excluding hydrogens is 209 g/mol. The Hall–Kier alpha value is -1.42. The third kappa shape index (κ3) is 3.62. The topological polar surface area (TPSA) is 38.3 Å². The minimum Gasteiger partial charge on any atom is -0.468 e. The van der Waals surface area contributed by atoms with Crippen LogP contribution >= 0.6 is 0 Å². The second-order valence-corrected chi connectivity index (χ2v) is 3.49. The van der Waals surface area contributed by atoms with E-state index >= 15 is 0 Å². The average molecular weight is 225 g/mol. The van der Waals surface area contributed by atoms with E-state index in [-0.39, 0.29) is 17.8 Å². The van der Waals surface area contributed by atoms with Crippen LogP contribution in [-0.4, -0.2) is 19.1 Å². The van der Waals surface area contributed by atoms with Gasteiger partial charge in [-0.3, -0.25) is 4.79 Å². The fourth-order valence-corrected chi connectivity index (χ4v) is 1.42. The highest BCUT2D eigenvalue weighted by Gasteiger charge is 2.15. The Balaban J connectivity index is 2.52. The summed E-state index contributed by atoms with van der Waals surface area (Å²) in [6, 6.07) is 5.94. The van der Waals surface area contributed by atoms with Crippen molar-refractivity contribution in [3.05, 3.63) is 35.6 Å². The predicted molar refractivity (Wildman–Crippen MR) is 59.3 cm³/mol. The first-order chi connectivity index (χ1) is 7.67. The molecule has 1 N–H and O–H groups in total. The van der Waals surface area contributed by atoms with Gasteiger partial charge in [0.1, 0.15) is 11.9 Å². The molecule has 0 bridgehead atoms. The Morgan fingerprint density at radius 1 is 1.56 bits per heavy atom. The molecular formula is C12H16FNO2. The molecule has 0 spiro atoms. The molecule has 0 fully saturated rings. The molecule has 1 aromatic rings. The fourth-order valence-electron chi connectivity index (χ4n) is 1.42. The molecule has 0 aliphatic carbocycles. The van der Waals surface area contributed by atoms with E-state index in [1.165, 1.54) is 19.2 Å². The zero-order valence-corrected chi connectivity index (χ0v) is 9.50. The van der Waals surface area contributed by atoms with E-state index in [0.29, 0.717) is 13.0 Å². The molecule has 0 saturated carbocycles. The summed E-state index contributed by atoms with van der Waals surface area (Å²) in [7, 11) is 1.36. The van der Waals surface area contributed by atoms with E-state index in [9.17, 15) is 9.18 Å². The number of carbonyl (C=O) groups excluding carboxylic acids is 1.